The highest BCUT2D eigenvalue weighted by atomic mass is 19.1. The Morgan fingerprint density at radius 3 is 2.81 bits per heavy atom. The molecule has 1 unspecified atom stereocenters. The van der Waals surface area contributed by atoms with Gasteiger partial charge in [-0.05, 0) is 37.1 Å². The Bertz CT molecular complexity index is 941. The lowest BCUT2D eigenvalue weighted by atomic mass is 9.96. The van der Waals surface area contributed by atoms with Gasteiger partial charge in [-0.3, -0.25) is 4.79 Å². The van der Waals surface area contributed by atoms with Crippen LogP contribution in [-0.2, 0) is 4.79 Å². The minimum atomic E-state index is -0.421. The molecule has 5 nitrogen and oxygen atoms in total. The van der Waals surface area contributed by atoms with Crippen molar-refractivity contribution in [3.63, 3.8) is 0 Å². The number of fused-ring (bicyclic) bond motifs is 1. The molecule has 0 aliphatic carbocycles. The highest BCUT2D eigenvalue weighted by Crippen LogP contribution is 2.28. The number of benzene rings is 2. The zero-order valence-electron chi connectivity index (χ0n) is 14.2. The number of rotatable bonds is 3. The van der Waals surface area contributed by atoms with Gasteiger partial charge in [0, 0.05) is 18.5 Å². The number of hydrogen-bond acceptors (Lipinski definition) is 4. The van der Waals surface area contributed by atoms with Crippen molar-refractivity contribution >= 4 is 28.3 Å². The van der Waals surface area contributed by atoms with Gasteiger partial charge in [0.15, 0.2) is 0 Å². The molecule has 132 valence electrons. The first-order chi connectivity index (χ1) is 12.7. The van der Waals surface area contributed by atoms with Gasteiger partial charge in [-0.15, -0.1) is 0 Å². The van der Waals surface area contributed by atoms with Crippen molar-refractivity contribution < 1.29 is 9.18 Å². The quantitative estimate of drug-likeness (QED) is 0.784. The van der Waals surface area contributed by atoms with Crippen molar-refractivity contribution in [3.8, 4) is 0 Å². The van der Waals surface area contributed by atoms with Gasteiger partial charge in [0.25, 0.3) is 0 Å². The fraction of sp³-hybridized carbons (Fsp3) is 0.250. The summed E-state index contributed by atoms with van der Waals surface area (Å²) in [6.07, 6.45) is 3.22. The molecule has 1 aromatic heterocycles. The second-order valence-corrected chi connectivity index (χ2v) is 6.47. The van der Waals surface area contributed by atoms with Crippen molar-refractivity contribution in [1.29, 1.82) is 0 Å². The van der Waals surface area contributed by atoms with Crippen LogP contribution in [0.3, 0.4) is 0 Å². The third-order valence-corrected chi connectivity index (χ3v) is 4.75. The molecule has 1 N–H and O–H groups in total. The van der Waals surface area contributed by atoms with E-state index in [1.54, 1.807) is 24.5 Å². The molecule has 0 bridgehead atoms. The molecule has 1 aliphatic heterocycles. The third kappa shape index (κ3) is 3.22. The zero-order chi connectivity index (χ0) is 17.9. The van der Waals surface area contributed by atoms with Gasteiger partial charge in [0.05, 0.1) is 17.1 Å². The lowest BCUT2D eigenvalue weighted by molar-refractivity contribution is -0.120. The van der Waals surface area contributed by atoms with Crippen LogP contribution in [0, 0.1) is 11.7 Å². The maximum atomic E-state index is 13.8. The van der Waals surface area contributed by atoms with Gasteiger partial charge in [-0.25, -0.2) is 14.4 Å². The first kappa shape index (κ1) is 16.4. The summed E-state index contributed by atoms with van der Waals surface area (Å²) < 4.78 is 13.8. The summed E-state index contributed by atoms with van der Waals surface area (Å²) in [6, 6.07) is 14.1. The normalized spacial score (nSPS) is 17.3. The van der Waals surface area contributed by atoms with Crippen molar-refractivity contribution in [2.45, 2.75) is 12.8 Å². The number of nitrogens with one attached hydrogen (secondary N) is 1. The van der Waals surface area contributed by atoms with Crippen LogP contribution in [0.15, 0.2) is 54.9 Å². The molecule has 0 radical (unpaired) electrons. The summed E-state index contributed by atoms with van der Waals surface area (Å²) in [7, 11) is 0. The van der Waals surface area contributed by atoms with E-state index in [0.29, 0.717) is 6.54 Å². The molecule has 4 rings (SSSR count). The van der Waals surface area contributed by atoms with E-state index in [1.165, 1.54) is 6.07 Å². The number of halogens is 1. The number of anilines is 2. The lowest BCUT2D eigenvalue weighted by Crippen LogP contribution is -2.41. The Hall–Kier alpha value is -3.02. The number of para-hydroxylation sites is 2. The van der Waals surface area contributed by atoms with Crippen molar-refractivity contribution in [1.82, 2.24) is 9.97 Å². The largest absolute Gasteiger partial charge is 0.355 e. The number of aromatic nitrogens is 2. The van der Waals surface area contributed by atoms with Crippen LogP contribution in [0.25, 0.3) is 10.9 Å². The minimum absolute atomic E-state index is 0.154. The van der Waals surface area contributed by atoms with Crippen LogP contribution in [0.5, 0.6) is 0 Å². The van der Waals surface area contributed by atoms with E-state index in [1.807, 2.05) is 24.3 Å². The fourth-order valence-electron chi connectivity index (χ4n) is 3.42. The number of amides is 1. The van der Waals surface area contributed by atoms with E-state index >= 15 is 0 Å². The molecule has 0 spiro atoms. The molecule has 1 amide bonds. The Morgan fingerprint density at radius 1 is 1.12 bits per heavy atom. The average Bonchev–Trinajstić information content (AvgIpc) is 2.69. The maximum absolute atomic E-state index is 13.8. The predicted molar refractivity (Wildman–Crippen MR) is 99.5 cm³/mol. The number of nitrogens with zero attached hydrogens (tertiary/aromatic N) is 3. The van der Waals surface area contributed by atoms with Crippen LogP contribution >= 0.6 is 0 Å². The summed E-state index contributed by atoms with van der Waals surface area (Å²) in [5, 5.41) is 3.69. The van der Waals surface area contributed by atoms with Crippen molar-refractivity contribution in [2.75, 3.05) is 23.3 Å². The minimum Gasteiger partial charge on any atom is -0.355 e. The summed E-state index contributed by atoms with van der Waals surface area (Å²) in [5.74, 6) is 0.0598. The van der Waals surface area contributed by atoms with E-state index in [4.69, 9.17) is 0 Å². The predicted octanol–water partition coefficient (Wildman–Crippen LogP) is 3.62. The van der Waals surface area contributed by atoms with Crippen molar-refractivity contribution in [2.24, 2.45) is 5.92 Å². The molecule has 6 heteroatoms. The number of piperidine rings is 1. The summed E-state index contributed by atoms with van der Waals surface area (Å²) in [6.45, 7) is 1.39. The van der Waals surface area contributed by atoms with Crippen LogP contribution < -0.4 is 10.2 Å². The molecule has 3 aromatic rings. The Morgan fingerprint density at radius 2 is 1.92 bits per heavy atom. The average molecular weight is 350 g/mol. The summed E-state index contributed by atoms with van der Waals surface area (Å²) in [4.78, 5) is 23.5. The SMILES string of the molecule is O=C(Nc1ccccc1F)C1CCCN(c2ncnc3ccccc23)C1. The Balaban J connectivity index is 1.54. The first-order valence-electron chi connectivity index (χ1n) is 8.72. The van der Waals surface area contributed by atoms with Crippen LogP contribution in [0.1, 0.15) is 12.8 Å². The maximum Gasteiger partial charge on any atom is 0.229 e. The standard InChI is InChI=1S/C20H19FN4O/c21-16-8-2-4-10-18(16)24-20(26)14-6-5-11-25(12-14)19-15-7-1-3-9-17(15)22-13-23-19/h1-4,7-10,13-14H,5-6,11-12H2,(H,24,26). The monoisotopic (exact) mass is 350 g/mol. The first-order valence-corrected chi connectivity index (χ1v) is 8.72. The topological polar surface area (TPSA) is 58.1 Å². The lowest BCUT2D eigenvalue weighted by Gasteiger charge is -2.33. The molecule has 2 heterocycles. The summed E-state index contributed by atoms with van der Waals surface area (Å²) in [5.41, 5.74) is 1.11. The third-order valence-electron chi connectivity index (χ3n) is 4.75. The van der Waals surface area contributed by atoms with E-state index in [9.17, 15) is 9.18 Å². The van der Waals surface area contributed by atoms with E-state index in [-0.39, 0.29) is 17.5 Å². The van der Waals surface area contributed by atoms with Gasteiger partial charge < -0.3 is 10.2 Å². The van der Waals surface area contributed by atoms with E-state index < -0.39 is 5.82 Å². The molecular formula is C20H19FN4O. The van der Waals surface area contributed by atoms with Gasteiger partial charge in [-0.1, -0.05) is 24.3 Å². The number of carbonyl (C=O) groups is 1. The molecular weight excluding hydrogens is 331 g/mol. The second kappa shape index (κ2) is 7.07. The highest BCUT2D eigenvalue weighted by Gasteiger charge is 2.27. The van der Waals surface area contributed by atoms with E-state index in [2.05, 4.69) is 20.2 Å². The number of carbonyl (C=O) groups excluding carboxylic acids is 1. The smallest absolute Gasteiger partial charge is 0.229 e. The molecule has 1 atom stereocenters. The Kier molecular flexibility index (Phi) is 4.48. The van der Waals surface area contributed by atoms with Crippen LogP contribution in [0.4, 0.5) is 15.9 Å². The second-order valence-electron chi connectivity index (χ2n) is 6.47. The molecule has 2 aromatic carbocycles. The van der Waals surface area contributed by atoms with Crippen LogP contribution in [-0.4, -0.2) is 29.0 Å². The van der Waals surface area contributed by atoms with E-state index in [0.717, 1.165) is 36.1 Å². The van der Waals surface area contributed by atoms with Gasteiger partial charge >= 0.3 is 0 Å². The fourth-order valence-corrected chi connectivity index (χ4v) is 3.42. The van der Waals surface area contributed by atoms with Gasteiger partial charge in [-0.2, -0.15) is 0 Å². The van der Waals surface area contributed by atoms with Crippen LogP contribution in [0.2, 0.25) is 0 Å². The van der Waals surface area contributed by atoms with Crippen molar-refractivity contribution in [3.05, 3.63) is 60.7 Å². The molecule has 0 saturated carbocycles. The van der Waals surface area contributed by atoms with Gasteiger partial charge in [0.2, 0.25) is 5.91 Å². The molecule has 1 aliphatic rings. The zero-order valence-corrected chi connectivity index (χ0v) is 14.2. The molecule has 1 saturated heterocycles. The van der Waals surface area contributed by atoms with Gasteiger partial charge in [0.1, 0.15) is 18.0 Å². The summed E-state index contributed by atoms with van der Waals surface area (Å²) >= 11 is 0. The molecule has 26 heavy (non-hydrogen) atoms. The highest BCUT2D eigenvalue weighted by molar-refractivity contribution is 5.94. The Labute approximate surface area is 150 Å². The number of hydrogen-bond donors (Lipinski definition) is 1. The molecule has 1 fully saturated rings.